The summed E-state index contributed by atoms with van der Waals surface area (Å²) < 4.78 is 5.39. The third-order valence-corrected chi connectivity index (χ3v) is 4.73. The number of nitrogens with one attached hydrogen (secondary N) is 1. The largest absolute Gasteiger partial charge is 0.494 e. The number of carbonyl (C=O) groups excluding carboxylic acids is 2. The molecule has 1 aromatic rings. The van der Waals surface area contributed by atoms with Crippen molar-refractivity contribution in [2.75, 3.05) is 44.6 Å². The minimum Gasteiger partial charge on any atom is -0.494 e. The van der Waals surface area contributed by atoms with Gasteiger partial charge in [-0.3, -0.25) is 14.5 Å². The number of anilines is 1. The average molecular weight is 377 g/mol. The number of benzene rings is 1. The van der Waals surface area contributed by atoms with E-state index in [1.165, 1.54) is 0 Å². The quantitative estimate of drug-likeness (QED) is 0.721. The molecule has 2 rings (SSSR count). The van der Waals surface area contributed by atoms with Crippen molar-refractivity contribution in [1.29, 1.82) is 0 Å². The lowest BCUT2D eigenvalue weighted by Crippen LogP contribution is -2.58. The van der Waals surface area contributed by atoms with Gasteiger partial charge in [0.1, 0.15) is 5.75 Å². The van der Waals surface area contributed by atoms with Crippen LogP contribution in [0.25, 0.3) is 0 Å². The van der Waals surface area contributed by atoms with E-state index in [2.05, 4.69) is 10.2 Å². The fourth-order valence-electron chi connectivity index (χ4n) is 3.30. The van der Waals surface area contributed by atoms with Gasteiger partial charge in [-0.05, 0) is 44.5 Å². The number of ether oxygens (including phenoxy) is 1. The van der Waals surface area contributed by atoms with Crippen LogP contribution in [0.5, 0.6) is 5.75 Å². The Morgan fingerprint density at radius 2 is 1.78 bits per heavy atom. The van der Waals surface area contributed by atoms with Gasteiger partial charge in [0.25, 0.3) is 0 Å². The Bertz CT molecular complexity index is 623. The molecule has 1 aromatic carbocycles. The third kappa shape index (κ3) is 6.22. The number of piperazine rings is 1. The van der Waals surface area contributed by atoms with Gasteiger partial charge in [-0.15, -0.1) is 0 Å². The first-order valence-electron chi connectivity index (χ1n) is 9.69. The number of rotatable bonds is 8. The van der Waals surface area contributed by atoms with Crippen LogP contribution in [0, 0.1) is 0 Å². The SMILES string of the molecule is CCCC(C)(N)C(=O)N1CCN(CC(=O)Nc2ccc(OCC)cc2)CC1. The number of nitrogens with two attached hydrogens (primary N) is 1. The van der Waals surface area contributed by atoms with Crippen molar-refractivity contribution in [3.05, 3.63) is 24.3 Å². The Morgan fingerprint density at radius 3 is 2.33 bits per heavy atom. The summed E-state index contributed by atoms with van der Waals surface area (Å²) in [5, 5.41) is 2.90. The molecule has 1 unspecified atom stereocenters. The summed E-state index contributed by atoms with van der Waals surface area (Å²) in [6.45, 7) is 9.23. The molecule has 7 heteroatoms. The first kappa shape index (κ1) is 21.2. The monoisotopic (exact) mass is 376 g/mol. The molecule has 0 aromatic heterocycles. The lowest BCUT2D eigenvalue weighted by molar-refractivity contribution is -0.138. The van der Waals surface area contributed by atoms with E-state index in [-0.39, 0.29) is 11.8 Å². The molecule has 1 aliphatic heterocycles. The zero-order valence-corrected chi connectivity index (χ0v) is 16.7. The van der Waals surface area contributed by atoms with Crippen LogP contribution in [-0.2, 0) is 9.59 Å². The topological polar surface area (TPSA) is 87.9 Å². The molecule has 3 N–H and O–H groups in total. The number of hydrogen-bond acceptors (Lipinski definition) is 5. The smallest absolute Gasteiger partial charge is 0.242 e. The van der Waals surface area contributed by atoms with Crippen LogP contribution in [0.2, 0.25) is 0 Å². The van der Waals surface area contributed by atoms with Gasteiger partial charge in [0, 0.05) is 31.9 Å². The van der Waals surface area contributed by atoms with E-state index in [1.54, 1.807) is 6.92 Å². The number of carbonyl (C=O) groups is 2. The Kier molecular flexibility index (Phi) is 7.62. The van der Waals surface area contributed by atoms with Gasteiger partial charge in [0.05, 0.1) is 18.7 Å². The molecule has 0 saturated carbocycles. The second-order valence-corrected chi connectivity index (χ2v) is 7.24. The number of hydrogen-bond donors (Lipinski definition) is 2. The van der Waals surface area contributed by atoms with E-state index in [9.17, 15) is 9.59 Å². The fraction of sp³-hybridized carbons (Fsp3) is 0.600. The van der Waals surface area contributed by atoms with Crippen LogP contribution in [-0.4, -0.2) is 66.5 Å². The molecule has 1 atom stereocenters. The van der Waals surface area contributed by atoms with Gasteiger partial charge in [-0.25, -0.2) is 0 Å². The van der Waals surface area contributed by atoms with Gasteiger partial charge >= 0.3 is 0 Å². The lowest BCUT2D eigenvalue weighted by Gasteiger charge is -2.38. The zero-order valence-electron chi connectivity index (χ0n) is 16.7. The molecule has 1 saturated heterocycles. The van der Waals surface area contributed by atoms with Crippen molar-refractivity contribution in [1.82, 2.24) is 9.80 Å². The van der Waals surface area contributed by atoms with Gasteiger partial charge in [-0.2, -0.15) is 0 Å². The molecule has 0 bridgehead atoms. The molecule has 1 aliphatic rings. The van der Waals surface area contributed by atoms with Crippen LogP contribution < -0.4 is 15.8 Å². The summed E-state index contributed by atoms with van der Waals surface area (Å²) in [7, 11) is 0. The van der Waals surface area contributed by atoms with Crippen LogP contribution >= 0.6 is 0 Å². The molecule has 2 amide bonds. The average Bonchev–Trinajstić information content (AvgIpc) is 2.63. The van der Waals surface area contributed by atoms with Crippen molar-refractivity contribution >= 4 is 17.5 Å². The number of nitrogens with zero attached hydrogens (tertiary/aromatic N) is 2. The van der Waals surface area contributed by atoms with Crippen molar-refractivity contribution in [2.45, 2.75) is 39.2 Å². The van der Waals surface area contributed by atoms with Gasteiger partial charge in [0.15, 0.2) is 0 Å². The molecular weight excluding hydrogens is 344 g/mol. The summed E-state index contributed by atoms with van der Waals surface area (Å²) >= 11 is 0. The van der Waals surface area contributed by atoms with E-state index in [1.807, 2.05) is 43.0 Å². The van der Waals surface area contributed by atoms with Gasteiger partial charge in [-0.1, -0.05) is 13.3 Å². The van der Waals surface area contributed by atoms with Gasteiger partial charge in [0.2, 0.25) is 11.8 Å². The van der Waals surface area contributed by atoms with Gasteiger partial charge < -0.3 is 20.7 Å². The summed E-state index contributed by atoms with van der Waals surface area (Å²) in [6.07, 6.45) is 1.56. The molecule has 1 fully saturated rings. The molecule has 0 spiro atoms. The highest BCUT2D eigenvalue weighted by atomic mass is 16.5. The predicted molar refractivity (Wildman–Crippen MR) is 107 cm³/mol. The van der Waals surface area contributed by atoms with E-state index in [0.717, 1.165) is 17.9 Å². The van der Waals surface area contributed by atoms with Crippen molar-refractivity contribution in [3.8, 4) is 5.75 Å². The maximum Gasteiger partial charge on any atom is 0.242 e. The lowest BCUT2D eigenvalue weighted by atomic mass is 9.95. The molecule has 150 valence electrons. The van der Waals surface area contributed by atoms with Crippen molar-refractivity contribution in [3.63, 3.8) is 0 Å². The Balaban J connectivity index is 1.78. The van der Waals surface area contributed by atoms with Crippen LogP contribution in [0.15, 0.2) is 24.3 Å². The van der Waals surface area contributed by atoms with E-state index in [0.29, 0.717) is 45.8 Å². The maximum absolute atomic E-state index is 12.5. The van der Waals surface area contributed by atoms with Crippen LogP contribution in [0.3, 0.4) is 0 Å². The first-order valence-corrected chi connectivity index (χ1v) is 9.69. The molecule has 0 radical (unpaired) electrons. The Hall–Kier alpha value is -2.12. The van der Waals surface area contributed by atoms with E-state index in [4.69, 9.17) is 10.5 Å². The zero-order chi connectivity index (χ0) is 19.9. The first-order chi connectivity index (χ1) is 12.9. The predicted octanol–water partition coefficient (Wildman–Crippen LogP) is 1.69. The molecule has 1 heterocycles. The van der Waals surface area contributed by atoms with E-state index >= 15 is 0 Å². The standard InChI is InChI=1S/C20H32N4O3/c1-4-10-20(3,21)19(26)24-13-11-23(12-14-24)15-18(25)22-16-6-8-17(9-7-16)27-5-2/h6-9H,4-5,10-15,21H2,1-3H3,(H,22,25). The molecular formula is C20H32N4O3. The summed E-state index contributed by atoms with van der Waals surface area (Å²) in [6, 6.07) is 7.33. The molecule has 0 aliphatic carbocycles. The van der Waals surface area contributed by atoms with E-state index < -0.39 is 5.54 Å². The summed E-state index contributed by atoms with van der Waals surface area (Å²) in [5.41, 5.74) is 6.10. The minimum absolute atomic E-state index is 0.00263. The molecule has 7 nitrogen and oxygen atoms in total. The maximum atomic E-state index is 12.5. The highest BCUT2D eigenvalue weighted by Crippen LogP contribution is 2.16. The van der Waals surface area contributed by atoms with Crippen LogP contribution in [0.1, 0.15) is 33.6 Å². The highest BCUT2D eigenvalue weighted by Gasteiger charge is 2.33. The van der Waals surface area contributed by atoms with Crippen molar-refractivity contribution < 1.29 is 14.3 Å². The van der Waals surface area contributed by atoms with Crippen molar-refractivity contribution in [2.24, 2.45) is 5.73 Å². The second-order valence-electron chi connectivity index (χ2n) is 7.24. The number of amides is 2. The summed E-state index contributed by atoms with van der Waals surface area (Å²) in [5.74, 6) is 0.725. The second kappa shape index (κ2) is 9.71. The molecule has 27 heavy (non-hydrogen) atoms. The fourth-order valence-corrected chi connectivity index (χ4v) is 3.30. The normalized spacial score (nSPS) is 17.3. The Morgan fingerprint density at radius 1 is 1.15 bits per heavy atom. The summed E-state index contributed by atoms with van der Waals surface area (Å²) in [4.78, 5) is 28.7. The van der Waals surface area contributed by atoms with Crippen LogP contribution in [0.4, 0.5) is 5.69 Å². The Labute approximate surface area is 161 Å². The third-order valence-electron chi connectivity index (χ3n) is 4.73. The minimum atomic E-state index is -0.804. The highest BCUT2D eigenvalue weighted by molar-refractivity contribution is 5.92.